The summed E-state index contributed by atoms with van der Waals surface area (Å²) >= 11 is 5.63. The van der Waals surface area contributed by atoms with E-state index in [-0.39, 0.29) is 5.02 Å². The molecular formula is C10H11ClF3N. The van der Waals surface area contributed by atoms with Crippen LogP contribution < -0.4 is 4.90 Å². The third-order valence-corrected chi connectivity index (χ3v) is 2.34. The van der Waals surface area contributed by atoms with Gasteiger partial charge in [-0.25, -0.2) is 0 Å². The van der Waals surface area contributed by atoms with Gasteiger partial charge in [0.05, 0.1) is 5.56 Å². The van der Waals surface area contributed by atoms with Crippen molar-refractivity contribution in [3.8, 4) is 0 Å². The molecule has 1 rings (SSSR count). The maximum atomic E-state index is 12.4. The summed E-state index contributed by atoms with van der Waals surface area (Å²) < 4.78 is 37.3. The van der Waals surface area contributed by atoms with Gasteiger partial charge in [0.2, 0.25) is 0 Å². The average molecular weight is 238 g/mol. The fourth-order valence-corrected chi connectivity index (χ4v) is 1.37. The predicted molar refractivity (Wildman–Crippen MR) is 55.4 cm³/mol. The van der Waals surface area contributed by atoms with Crippen LogP contribution in [0.4, 0.5) is 18.9 Å². The first-order valence-corrected chi connectivity index (χ1v) is 4.81. The second-order valence-corrected chi connectivity index (χ2v) is 3.65. The van der Waals surface area contributed by atoms with Gasteiger partial charge in [0.15, 0.2) is 0 Å². The zero-order chi connectivity index (χ0) is 11.6. The molecule has 0 saturated heterocycles. The lowest BCUT2D eigenvalue weighted by Gasteiger charge is -2.18. The first-order valence-electron chi connectivity index (χ1n) is 4.43. The number of hydrogen-bond donors (Lipinski definition) is 0. The van der Waals surface area contributed by atoms with Crippen LogP contribution in [0.2, 0.25) is 5.02 Å². The quantitative estimate of drug-likeness (QED) is 0.756. The molecule has 0 N–H and O–H groups in total. The first-order chi connectivity index (χ1) is 6.84. The topological polar surface area (TPSA) is 3.24 Å². The van der Waals surface area contributed by atoms with Gasteiger partial charge in [0.25, 0.3) is 0 Å². The molecule has 0 aromatic heterocycles. The Hall–Kier alpha value is -0.900. The van der Waals surface area contributed by atoms with Crippen molar-refractivity contribution in [3.63, 3.8) is 0 Å². The van der Waals surface area contributed by atoms with Gasteiger partial charge in [-0.05, 0) is 25.1 Å². The molecule has 0 spiro atoms. The molecule has 0 atom stereocenters. The molecule has 0 unspecified atom stereocenters. The van der Waals surface area contributed by atoms with Gasteiger partial charge in [-0.15, -0.1) is 0 Å². The normalized spacial score (nSPS) is 11.6. The summed E-state index contributed by atoms with van der Waals surface area (Å²) in [7, 11) is 1.71. The number of hydrogen-bond acceptors (Lipinski definition) is 1. The van der Waals surface area contributed by atoms with E-state index in [1.165, 1.54) is 6.07 Å². The van der Waals surface area contributed by atoms with E-state index >= 15 is 0 Å². The summed E-state index contributed by atoms with van der Waals surface area (Å²) in [6.45, 7) is 2.48. The van der Waals surface area contributed by atoms with E-state index in [4.69, 9.17) is 11.6 Å². The number of rotatable bonds is 2. The fraction of sp³-hybridized carbons (Fsp3) is 0.400. The molecule has 0 bridgehead atoms. The number of alkyl halides is 3. The number of anilines is 1. The minimum atomic E-state index is -4.35. The molecule has 0 fully saturated rings. The molecule has 1 aromatic carbocycles. The molecule has 0 aliphatic rings. The smallest absolute Gasteiger partial charge is 0.375 e. The van der Waals surface area contributed by atoms with Gasteiger partial charge in [-0.1, -0.05) is 11.6 Å². The Morgan fingerprint density at radius 2 is 1.87 bits per heavy atom. The minimum absolute atomic E-state index is 0.0973. The van der Waals surface area contributed by atoms with Gasteiger partial charge >= 0.3 is 6.18 Å². The Balaban J connectivity index is 3.17. The predicted octanol–water partition coefficient (Wildman–Crippen LogP) is 3.81. The molecular weight excluding hydrogens is 227 g/mol. The lowest BCUT2D eigenvalue weighted by molar-refractivity contribution is -0.137. The Morgan fingerprint density at radius 3 is 2.33 bits per heavy atom. The zero-order valence-corrected chi connectivity index (χ0v) is 9.15. The van der Waals surface area contributed by atoms with Gasteiger partial charge < -0.3 is 4.90 Å². The van der Waals surface area contributed by atoms with Crippen molar-refractivity contribution in [3.05, 3.63) is 28.8 Å². The van der Waals surface area contributed by atoms with Crippen molar-refractivity contribution in [1.82, 2.24) is 0 Å². The average Bonchev–Trinajstić information content (AvgIpc) is 2.14. The lowest BCUT2D eigenvalue weighted by Crippen LogP contribution is -2.17. The molecule has 15 heavy (non-hydrogen) atoms. The third kappa shape index (κ3) is 3.02. The van der Waals surface area contributed by atoms with Gasteiger partial charge in [-0.3, -0.25) is 0 Å². The molecule has 1 nitrogen and oxygen atoms in total. The highest BCUT2D eigenvalue weighted by Crippen LogP contribution is 2.33. The second kappa shape index (κ2) is 4.31. The van der Waals surface area contributed by atoms with Crippen LogP contribution in [-0.4, -0.2) is 13.6 Å². The number of halogens is 4. The van der Waals surface area contributed by atoms with Crippen LogP contribution in [0.25, 0.3) is 0 Å². The second-order valence-electron chi connectivity index (χ2n) is 3.21. The van der Waals surface area contributed by atoms with Crippen LogP contribution in [0.5, 0.6) is 0 Å². The van der Waals surface area contributed by atoms with Crippen molar-refractivity contribution in [2.75, 3.05) is 18.5 Å². The number of nitrogens with zero attached hydrogens (tertiary/aromatic N) is 1. The largest absolute Gasteiger partial charge is 0.416 e. The fourth-order valence-electron chi connectivity index (χ4n) is 1.14. The zero-order valence-electron chi connectivity index (χ0n) is 8.40. The molecule has 0 amide bonds. The summed E-state index contributed by atoms with van der Waals surface area (Å²) in [5.41, 5.74) is -0.248. The summed E-state index contributed by atoms with van der Waals surface area (Å²) in [6, 6.07) is 3.53. The van der Waals surface area contributed by atoms with Crippen molar-refractivity contribution in [2.24, 2.45) is 0 Å². The van der Waals surface area contributed by atoms with E-state index in [9.17, 15) is 13.2 Å². The summed E-state index contributed by atoms with van der Waals surface area (Å²) in [4.78, 5) is 1.70. The molecule has 0 heterocycles. The molecule has 0 radical (unpaired) electrons. The number of benzene rings is 1. The van der Waals surface area contributed by atoms with Gasteiger partial charge in [0.1, 0.15) is 0 Å². The minimum Gasteiger partial charge on any atom is -0.375 e. The van der Waals surface area contributed by atoms with E-state index in [1.807, 2.05) is 6.92 Å². The van der Waals surface area contributed by atoms with Crippen LogP contribution in [0.1, 0.15) is 12.5 Å². The summed E-state index contributed by atoms with van der Waals surface area (Å²) in [6.07, 6.45) is -4.35. The molecule has 84 valence electrons. The molecule has 0 aliphatic carbocycles. The van der Waals surface area contributed by atoms with Crippen molar-refractivity contribution in [1.29, 1.82) is 0 Å². The van der Waals surface area contributed by atoms with Crippen molar-refractivity contribution >= 4 is 17.3 Å². The van der Waals surface area contributed by atoms with Crippen LogP contribution in [0.3, 0.4) is 0 Å². The summed E-state index contributed by atoms with van der Waals surface area (Å²) in [5.74, 6) is 0. The Bertz CT molecular complexity index is 349. The van der Waals surface area contributed by atoms with Crippen molar-refractivity contribution in [2.45, 2.75) is 13.1 Å². The van der Waals surface area contributed by atoms with Crippen LogP contribution in [0.15, 0.2) is 18.2 Å². The Labute approximate surface area is 91.5 Å². The maximum absolute atomic E-state index is 12.4. The highest BCUT2D eigenvalue weighted by molar-refractivity contribution is 6.30. The van der Waals surface area contributed by atoms with E-state index < -0.39 is 11.7 Å². The van der Waals surface area contributed by atoms with Gasteiger partial charge in [0, 0.05) is 24.3 Å². The van der Waals surface area contributed by atoms with Crippen molar-refractivity contribution < 1.29 is 13.2 Å². The summed E-state index contributed by atoms with van der Waals surface area (Å²) in [5, 5.41) is 0.0973. The molecule has 0 saturated carbocycles. The monoisotopic (exact) mass is 237 g/mol. The third-order valence-electron chi connectivity index (χ3n) is 2.12. The van der Waals surface area contributed by atoms with Crippen LogP contribution >= 0.6 is 11.6 Å². The van der Waals surface area contributed by atoms with E-state index in [0.717, 1.165) is 12.1 Å². The molecule has 0 aliphatic heterocycles. The molecule has 5 heteroatoms. The SMILES string of the molecule is CCN(C)c1cc(Cl)cc(C(F)(F)F)c1. The maximum Gasteiger partial charge on any atom is 0.416 e. The highest BCUT2D eigenvalue weighted by atomic mass is 35.5. The first kappa shape index (κ1) is 12.2. The molecule has 1 aromatic rings. The Kier molecular flexibility index (Phi) is 3.50. The lowest BCUT2D eigenvalue weighted by atomic mass is 10.2. The van der Waals surface area contributed by atoms with Crippen LogP contribution in [-0.2, 0) is 6.18 Å². The highest BCUT2D eigenvalue weighted by Gasteiger charge is 2.31. The standard InChI is InChI=1S/C10H11ClF3N/c1-3-15(2)9-5-7(10(12,13)14)4-8(11)6-9/h4-6H,3H2,1-2H3. The van der Waals surface area contributed by atoms with Crippen LogP contribution in [0, 0.1) is 0 Å². The van der Waals surface area contributed by atoms with E-state index in [1.54, 1.807) is 11.9 Å². The van der Waals surface area contributed by atoms with Gasteiger partial charge in [-0.2, -0.15) is 13.2 Å². The van der Waals surface area contributed by atoms with E-state index in [0.29, 0.717) is 12.2 Å². The van der Waals surface area contributed by atoms with E-state index in [2.05, 4.69) is 0 Å². The Morgan fingerprint density at radius 1 is 1.27 bits per heavy atom.